The summed E-state index contributed by atoms with van der Waals surface area (Å²) in [5.41, 5.74) is 7.47. The molecule has 0 saturated carbocycles. The van der Waals surface area contributed by atoms with E-state index < -0.39 is 4.92 Å². The highest BCUT2D eigenvalue weighted by atomic mass is 16.6. The van der Waals surface area contributed by atoms with Crippen LogP contribution < -0.4 is 5.73 Å². The minimum atomic E-state index is -0.497. The van der Waals surface area contributed by atoms with Crippen molar-refractivity contribution >= 4 is 11.5 Å². The summed E-state index contributed by atoms with van der Waals surface area (Å²) in [5, 5.41) is 10.7. The van der Waals surface area contributed by atoms with Crippen LogP contribution in [0.25, 0.3) is 11.3 Å². The third-order valence-electron chi connectivity index (χ3n) is 2.25. The van der Waals surface area contributed by atoms with E-state index in [1.807, 2.05) is 13.0 Å². The van der Waals surface area contributed by atoms with Crippen LogP contribution in [-0.2, 0) is 0 Å². The Morgan fingerprint density at radius 1 is 1.35 bits per heavy atom. The molecule has 0 radical (unpaired) electrons. The van der Waals surface area contributed by atoms with Gasteiger partial charge in [0, 0.05) is 23.5 Å². The Morgan fingerprint density at radius 3 is 2.71 bits per heavy atom. The molecule has 0 amide bonds. The van der Waals surface area contributed by atoms with Crippen molar-refractivity contribution in [3.8, 4) is 11.3 Å². The van der Waals surface area contributed by atoms with E-state index in [0.717, 1.165) is 5.69 Å². The summed E-state index contributed by atoms with van der Waals surface area (Å²) in [7, 11) is 0. The highest BCUT2D eigenvalue weighted by molar-refractivity contribution is 5.63. The van der Waals surface area contributed by atoms with Crippen LogP contribution in [0.5, 0.6) is 0 Å². The second-order valence-corrected chi connectivity index (χ2v) is 3.58. The lowest BCUT2D eigenvalue weighted by Crippen LogP contribution is -1.97. The monoisotopic (exact) mass is 230 g/mol. The van der Waals surface area contributed by atoms with Crippen LogP contribution in [0.3, 0.4) is 0 Å². The third kappa shape index (κ3) is 2.36. The zero-order valence-electron chi connectivity index (χ0n) is 9.12. The number of aromatic nitrogens is 2. The van der Waals surface area contributed by atoms with Crippen LogP contribution in [0.2, 0.25) is 0 Å². The molecule has 0 aromatic carbocycles. The zero-order chi connectivity index (χ0) is 12.4. The van der Waals surface area contributed by atoms with Crippen molar-refractivity contribution in [2.45, 2.75) is 6.92 Å². The zero-order valence-corrected chi connectivity index (χ0v) is 9.12. The summed E-state index contributed by atoms with van der Waals surface area (Å²) in [4.78, 5) is 18.4. The van der Waals surface area contributed by atoms with Gasteiger partial charge in [0.1, 0.15) is 5.82 Å². The van der Waals surface area contributed by atoms with Crippen LogP contribution in [0, 0.1) is 17.0 Å². The Hall–Kier alpha value is -2.50. The Balaban J connectivity index is 2.51. The van der Waals surface area contributed by atoms with Crippen LogP contribution in [0.15, 0.2) is 30.5 Å². The molecule has 2 aromatic heterocycles. The van der Waals surface area contributed by atoms with Gasteiger partial charge in [0.25, 0.3) is 5.69 Å². The molecule has 0 atom stereocenters. The predicted octanol–water partition coefficient (Wildman–Crippen LogP) is 1.94. The van der Waals surface area contributed by atoms with Crippen molar-refractivity contribution in [2.24, 2.45) is 0 Å². The second-order valence-electron chi connectivity index (χ2n) is 3.58. The summed E-state index contributed by atoms with van der Waals surface area (Å²) in [5.74, 6) is 0.120. The van der Waals surface area contributed by atoms with Gasteiger partial charge in [-0.1, -0.05) is 0 Å². The maximum Gasteiger partial charge on any atom is 0.275 e. The molecule has 0 aliphatic carbocycles. The number of hydrogen-bond donors (Lipinski definition) is 1. The van der Waals surface area contributed by atoms with E-state index in [-0.39, 0.29) is 11.5 Å². The summed E-state index contributed by atoms with van der Waals surface area (Å²) in [6.45, 7) is 1.86. The SMILES string of the molecule is Cc1ccc(-c2cc([N+](=O)[O-])cc(N)n2)cn1. The summed E-state index contributed by atoms with van der Waals surface area (Å²) >= 11 is 0. The van der Waals surface area contributed by atoms with Crippen molar-refractivity contribution in [3.63, 3.8) is 0 Å². The largest absolute Gasteiger partial charge is 0.383 e. The molecule has 0 aliphatic heterocycles. The van der Waals surface area contributed by atoms with Gasteiger partial charge in [-0.05, 0) is 19.1 Å². The van der Waals surface area contributed by atoms with Crippen molar-refractivity contribution in [1.82, 2.24) is 9.97 Å². The Bertz CT molecular complexity index is 566. The number of nitrogens with two attached hydrogens (primary N) is 1. The van der Waals surface area contributed by atoms with Gasteiger partial charge >= 0.3 is 0 Å². The highest BCUT2D eigenvalue weighted by Crippen LogP contribution is 2.23. The molecule has 0 spiro atoms. The molecular weight excluding hydrogens is 220 g/mol. The van der Waals surface area contributed by atoms with Gasteiger partial charge in [0.15, 0.2) is 0 Å². The van der Waals surface area contributed by atoms with Gasteiger partial charge in [-0.3, -0.25) is 15.1 Å². The topological polar surface area (TPSA) is 94.9 Å². The first-order valence-corrected chi connectivity index (χ1v) is 4.91. The molecule has 0 fully saturated rings. The molecule has 6 nitrogen and oxygen atoms in total. The summed E-state index contributed by atoms with van der Waals surface area (Å²) in [6, 6.07) is 6.22. The molecular formula is C11H10N4O2. The average Bonchev–Trinajstić information content (AvgIpc) is 2.29. The van der Waals surface area contributed by atoms with E-state index in [2.05, 4.69) is 9.97 Å². The summed E-state index contributed by atoms with van der Waals surface area (Å²) in [6.07, 6.45) is 1.61. The van der Waals surface area contributed by atoms with E-state index in [0.29, 0.717) is 11.3 Å². The van der Waals surface area contributed by atoms with Gasteiger partial charge in [-0.15, -0.1) is 0 Å². The van der Waals surface area contributed by atoms with E-state index in [1.54, 1.807) is 12.3 Å². The van der Waals surface area contributed by atoms with Crippen LogP contribution in [0.4, 0.5) is 11.5 Å². The fourth-order valence-electron chi connectivity index (χ4n) is 1.41. The maximum absolute atomic E-state index is 10.7. The lowest BCUT2D eigenvalue weighted by Gasteiger charge is -2.02. The first-order valence-electron chi connectivity index (χ1n) is 4.91. The van der Waals surface area contributed by atoms with Crippen LogP contribution in [0.1, 0.15) is 5.69 Å². The molecule has 2 N–H and O–H groups in total. The minimum absolute atomic E-state index is 0.0759. The summed E-state index contributed by atoms with van der Waals surface area (Å²) < 4.78 is 0. The number of hydrogen-bond acceptors (Lipinski definition) is 5. The van der Waals surface area contributed by atoms with E-state index in [9.17, 15) is 10.1 Å². The molecule has 2 heterocycles. The van der Waals surface area contributed by atoms with E-state index in [4.69, 9.17) is 5.73 Å². The quantitative estimate of drug-likeness (QED) is 0.628. The minimum Gasteiger partial charge on any atom is -0.383 e. The third-order valence-corrected chi connectivity index (χ3v) is 2.25. The first-order chi connectivity index (χ1) is 8.06. The molecule has 0 bridgehead atoms. The molecule has 0 unspecified atom stereocenters. The van der Waals surface area contributed by atoms with E-state index in [1.165, 1.54) is 12.1 Å². The normalized spacial score (nSPS) is 10.2. The van der Waals surface area contributed by atoms with Gasteiger partial charge < -0.3 is 5.73 Å². The number of rotatable bonds is 2. The van der Waals surface area contributed by atoms with Gasteiger partial charge in [0.05, 0.1) is 16.7 Å². The van der Waals surface area contributed by atoms with Gasteiger partial charge in [0.2, 0.25) is 0 Å². The number of nitrogen functional groups attached to an aromatic ring is 1. The van der Waals surface area contributed by atoms with Crippen molar-refractivity contribution in [2.75, 3.05) is 5.73 Å². The number of anilines is 1. The molecule has 17 heavy (non-hydrogen) atoms. The number of nitrogens with zero attached hydrogens (tertiary/aromatic N) is 3. The Kier molecular flexibility index (Phi) is 2.70. The standard InChI is InChI=1S/C11H10N4O2/c1-7-2-3-8(6-13-7)10-4-9(15(16)17)5-11(12)14-10/h2-6H,1H3,(H2,12,14). The fraction of sp³-hybridized carbons (Fsp3) is 0.0909. The lowest BCUT2D eigenvalue weighted by atomic mass is 10.1. The molecule has 86 valence electrons. The first kappa shape index (κ1) is 11.0. The number of pyridine rings is 2. The van der Waals surface area contributed by atoms with Gasteiger partial charge in [-0.25, -0.2) is 4.98 Å². The molecule has 2 rings (SSSR count). The average molecular weight is 230 g/mol. The van der Waals surface area contributed by atoms with Crippen molar-refractivity contribution in [1.29, 1.82) is 0 Å². The molecule has 0 saturated heterocycles. The van der Waals surface area contributed by atoms with Crippen LogP contribution in [-0.4, -0.2) is 14.9 Å². The van der Waals surface area contributed by atoms with E-state index >= 15 is 0 Å². The molecule has 0 aliphatic rings. The fourth-order valence-corrected chi connectivity index (χ4v) is 1.41. The van der Waals surface area contributed by atoms with Crippen molar-refractivity contribution < 1.29 is 4.92 Å². The number of nitro groups is 1. The Morgan fingerprint density at radius 2 is 2.12 bits per heavy atom. The highest BCUT2D eigenvalue weighted by Gasteiger charge is 2.11. The Labute approximate surface area is 97.3 Å². The lowest BCUT2D eigenvalue weighted by molar-refractivity contribution is -0.384. The smallest absolute Gasteiger partial charge is 0.275 e. The maximum atomic E-state index is 10.7. The van der Waals surface area contributed by atoms with Crippen LogP contribution >= 0.6 is 0 Å². The predicted molar refractivity (Wildman–Crippen MR) is 63.3 cm³/mol. The molecule has 6 heteroatoms. The number of aryl methyl sites for hydroxylation is 1. The van der Waals surface area contributed by atoms with Gasteiger partial charge in [-0.2, -0.15) is 0 Å². The molecule has 2 aromatic rings. The second kappa shape index (κ2) is 4.17. The van der Waals surface area contributed by atoms with Crippen molar-refractivity contribution in [3.05, 3.63) is 46.3 Å².